The minimum absolute atomic E-state index is 0.0961. The van der Waals surface area contributed by atoms with Crippen molar-refractivity contribution in [3.63, 3.8) is 0 Å². The van der Waals surface area contributed by atoms with Gasteiger partial charge in [0, 0.05) is 17.8 Å². The fraction of sp³-hybridized carbons (Fsp3) is 0.667. The number of nitrogens with one attached hydrogen (secondary N) is 1. The van der Waals surface area contributed by atoms with Crippen LogP contribution in [0.15, 0.2) is 24.3 Å². The van der Waals surface area contributed by atoms with E-state index in [2.05, 4.69) is 50.4 Å². The molecule has 2 heteroatoms. The van der Waals surface area contributed by atoms with Gasteiger partial charge in [-0.2, -0.15) is 0 Å². The minimum atomic E-state index is 0.0961. The van der Waals surface area contributed by atoms with Crippen molar-refractivity contribution >= 4 is 5.69 Å². The molecule has 2 unspecified atom stereocenters. The second kappa shape index (κ2) is 6.62. The summed E-state index contributed by atoms with van der Waals surface area (Å²) in [6.07, 6.45) is 6.34. The fourth-order valence-corrected chi connectivity index (χ4v) is 3.42. The van der Waals surface area contributed by atoms with Crippen molar-refractivity contribution in [2.45, 2.75) is 58.4 Å². The lowest BCUT2D eigenvalue weighted by Crippen LogP contribution is -2.45. The average Bonchev–Trinajstić information content (AvgIpc) is 2.65. The van der Waals surface area contributed by atoms with E-state index >= 15 is 0 Å². The zero-order valence-corrected chi connectivity index (χ0v) is 13.3. The molecule has 0 spiro atoms. The summed E-state index contributed by atoms with van der Waals surface area (Å²) in [6.45, 7) is 7.56. The molecule has 3 N–H and O–H groups in total. The third kappa shape index (κ3) is 3.76. The van der Waals surface area contributed by atoms with E-state index in [4.69, 9.17) is 5.73 Å². The summed E-state index contributed by atoms with van der Waals surface area (Å²) in [6, 6.07) is 8.69. The lowest BCUT2D eigenvalue weighted by Gasteiger charge is -2.34. The van der Waals surface area contributed by atoms with Crippen LogP contribution < -0.4 is 11.1 Å². The Kier molecular flexibility index (Phi) is 5.09. The summed E-state index contributed by atoms with van der Waals surface area (Å²) < 4.78 is 0. The van der Waals surface area contributed by atoms with Crippen molar-refractivity contribution in [2.75, 3.05) is 11.9 Å². The highest BCUT2D eigenvalue weighted by Crippen LogP contribution is 2.35. The third-order valence-corrected chi connectivity index (χ3v) is 5.02. The summed E-state index contributed by atoms with van der Waals surface area (Å²) in [4.78, 5) is 0. The summed E-state index contributed by atoms with van der Waals surface area (Å²) in [5.41, 5.74) is 8.76. The van der Waals surface area contributed by atoms with Gasteiger partial charge in [0.15, 0.2) is 0 Å². The Morgan fingerprint density at radius 2 is 1.90 bits per heavy atom. The van der Waals surface area contributed by atoms with E-state index in [0.717, 1.165) is 18.4 Å². The Labute approximate surface area is 124 Å². The number of aryl methyl sites for hydroxylation is 1. The Bertz CT molecular complexity index is 410. The molecule has 112 valence electrons. The topological polar surface area (TPSA) is 38.0 Å². The lowest BCUT2D eigenvalue weighted by molar-refractivity contribution is 0.332. The van der Waals surface area contributed by atoms with E-state index in [-0.39, 0.29) is 5.54 Å². The van der Waals surface area contributed by atoms with Crippen LogP contribution in [0.25, 0.3) is 0 Å². The Morgan fingerprint density at radius 1 is 1.20 bits per heavy atom. The second-order valence-corrected chi connectivity index (χ2v) is 6.91. The molecule has 20 heavy (non-hydrogen) atoms. The molecule has 0 heterocycles. The molecule has 2 nitrogen and oxygen atoms in total. The van der Waals surface area contributed by atoms with E-state index < -0.39 is 0 Å². The first-order chi connectivity index (χ1) is 9.54. The smallest absolute Gasteiger partial charge is 0.0495 e. The van der Waals surface area contributed by atoms with E-state index in [1.54, 1.807) is 0 Å². The zero-order chi connectivity index (χ0) is 14.6. The molecule has 0 bridgehead atoms. The molecule has 1 aliphatic carbocycles. The Balaban J connectivity index is 2.07. The molecule has 1 aromatic carbocycles. The number of hydrogen-bond donors (Lipinski definition) is 2. The molecule has 2 atom stereocenters. The van der Waals surface area contributed by atoms with Gasteiger partial charge in [-0.15, -0.1) is 0 Å². The van der Waals surface area contributed by atoms with E-state index in [0.29, 0.717) is 0 Å². The fourth-order valence-electron chi connectivity index (χ4n) is 3.42. The van der Waals surface area contributed by atoms with Gasteiger partial charge in [-0.25, -0.2) is 0 Å². The standard InChI is InChI=1S/C18H30N2/c1-14(2)16-5-4-11-18(13-19,12-10-16)20-17-8-6-15(3)7-9-17/h6-9,14,16,20H,4-5,10-13,19H2,1-3H3. The molecule has 1 fully saturated rings. The van der Waals surface area contributed by atoms with Gasteiger partial charge in [-0.05, 0) is 50.2 Å². The van der Waals surface area contributed by atoms with Crippen molar-refractivity contribution < 1.29 is 0 Å². The molecular weight excluding hydrogens is 244 g/mol. The molecule has 1 saturated carbocycles. The maximum absolute atomic E-state index is 6.14. The number of rotatable bonds is 4. The van der Waals surface area contributed by atoms with Crippen molar-refractivity contribution in [1.29, 1.82) is 0 Å². The molecule has 1 aliphatic rings. The van der Waals surface area contributed by atoms with E-state index in [9.17, 15) is 0 Å². The first kappa shape index (κ1) is 15.4. The maximum Gasteiger partial charge on any atom is 0.0495 e. The quantitative estimate of drug-likeness (QED) is 0.801. The van der Waals surface area contributed by atoms with Crippen LogP contribution in [0.4, 0.5) is 5.69 Å². The monoisotopic (exact) mass is 274 g/mol. The number of anilines is 1. The highest BCUT2D eigenvalue weighted by molar-refractivity contribution is 5.47. The van der Waals surface area contributed by atoms with E-state index in [1.165, 1.54) is 43.4 Å². The maximum atomic E-state index is 6.14. The lowest BCUT2D eigenvalue weighted by atomic mass is 9.86. The largest absolute Gasteiger partial charge is 0.378 e. The molecule has 0 aromatic heterocycles. The highest BCUT2D eigenvalue weighted by atomic mass is 15.0. The first-order valence-corrected chi connectivity index (χ1v) is 8.09. The van der Waals surface area contributed by atoms with Crippen LogP contribution in [0.5, 0.6) is 0 Å². The Morgan fingerprint density at radius 3 is 2.50 bits per heavy atom. The molecule has 0 radical (unpaired) electrons. The van der Waals surface area contributed by atoms with Gasteiger partial charge in [-0.3, -0.25) is 0 Å². The SMILES string of the molecule is Cc1ccc(NC2(CN)CCCC(C(C)C)CC2)cc1. The highest BCUT2D eigenvalue weighted by Gasteiger charge is 2.32. The predicted octanol–water partition coefficient (Wildman–Crippen LogP) is 4.34. The van der Waals surface area contributed by atoms with Crippen molar-refractivity contribution in [3.8, 4) is 0 Å². The van der Waals surface area contributed by atoms with Crippen LogP contribution in [0, 0.1) is 18.8 Å². The van der Waals surface area contributed by atoms with Gasteiger partial charge in [0.1, 0.15) is 0 Å². The van der Waals surface area contributed by atoms with Crippen LogP contribution in [-0.4, -0.2) is 12.1 Å². The zero-order valence-electron chi connectivity index (χ0n) is 13.3. The first-order valence-electron chi connectivity index (χ1n) is 8.09. The summed E-state index contributed by atoms with van der Waals surface area (Å²) in [5, 5.41) is 3.75. The summed E-state index contributed by atoms with van der Waals surface area (Å²) in [5.74, 6) is 1.66. The van der Waals surface area contributed by atoms with Crippen LogP contribution >= 0.6 is 0 Å². The van der Waals surface area contributed by atoms with Gasteiger partial charge in [0.05, 0.1) is 0 Å². The van der Waals surface area contributed by atoms with Crippen molar-refractivity contribution in [2.24, 2.45) is 17.6 Å². The van der Waals surface area contributed by atoms with Crippen LogP contribution in [0.2, 0.25) is 0 Å². The summed E-state index contributed by atoms with van der Waals surface area (Å²) >= 11 is 0. The number of nitrogens with two attached hydrogens (primary N) is 1. The number of benzene rings is 1. The van der Waals surface area contributed by atoms with Crippen LogP contribution in [0.3, 0.4) is 0 Å². The van der Waals surface area contributed by atoms with Gasteiger partial charge in [-0.1, -0.05) is 44.4 Å². The van der Waals surface area contributed by atoms with Gasteiger partial charge in [0.25, 0.3) is 0 Å². The van der Waals surface area contributed by atoms with Crippen LogP contribution in [-0.2, 0) is 0 Å². The minimum Gasteiger partial charge on any atom is -0.378 e. The molecule has 0 saturated heterocycles. The molecule has 0 aliphatic heterocycles. The molecule has 1 aromatic rings. The van der Waals surface area contributed by atoms with Gasteiger partial charge >= 0.3 is 0 Å². The van der Waals surface area contributed by atoms with Crippen molar-refractivity contribution in [3.05, 3.63) is 29.8 Å². The summed E-state index contributed by atoms with van der Waals surface area (Å²) in [7, 11) is 0. The Hall–Kier alpha value is -1.02. The van der Waals surface area contributed by atoms with Gasteiger partial charge in [0.2, 0.25) is 0 Å². The molecular formula is C18H30N2. The van der Waals surface area contributed by atoms with E-state index in [1.807, 2.05) is 0 Å². The molecule has 2 rings (SSSR count). The van der Waals surface area contributed by atoms with Gasteiger partial charge < -0.3 is 11.1 Å². The molecule has 0 amide bonds. The third-order valence-electron chi connectivity index (χ3n) is 5.02. The number of hydrogen-bond acceptors (Lipinski definition) is 2. The normalized spacial score (nSPS) is 27.4. The second-order valence-electron chi connectivity index (χ2n) is 6.91. The predicted molar refractivity (Wildman–Crippen MR) is 88.0 cm³/mol. The van der Waals surface area contributed by atoms with Crippen LogP contribution in [0.1, 0.15) is 51.5 Å². The average molecular weight is 274 g/mol. The van der Waals surface area contributed by atoms with Crippen molar-refractivity contribution in [1.82, 2.24) is 0 Å².